The molecule has 1 aromatic carbocycles. The Bertz CT molecular complexity index is 637. The molecule has 1 rings (SSSR count). The quantitative estimate of drug-likeness (QED) is 0.174. The smallest absolute Gasteiger partial charge is 1.00 e. The Labute approximate surface area is 295 Å². The topological polar surface area (TPSA) is 86.6 Å². The first-order valence-corrected chi connectivity index (χ1v) is 12.8. The third kappa shape index (κ3) is 21.3. The van der Waals surface area contributed by atoms with Gasteiger partial charge in [0.1, 0.15) is 11.8 Å². The number of carboxylic acid groups (broad SMARTS) is 1. The third-order valence-electron chi connectivity index (χ3n) is 6.02. The van der Waals surface area contributed by atoms with Crippen LogP contribution in [0, 0.1) is 0 Å². The standard InChI is InChI=1S/C27H45NO4.2K.2H/c1-2-3-4-5-6-7-8-9-10-11-12-13-14-15-16-17-26(30)28-25(27(31)32)22-23-18-20-24(29)21-19-23;;;;/h18-21,25,29H,2-17,22H2,1H3,(H,28,30)(H,31,32);;;;/q;2*+1;2*-1/t25-;;;;/m0..../s1. The zero-order chi connectivity index (χ0) is 23.4. The van der Waals surface area contributed by atoms with Crippen molar-refractivity contribution in [3.63, 3.8) is 0 Å². The van der Waals surface area contributed by atoms with Crippen molar-refractivity contribution in [3.05, 3.63) is 29.8 Å². The predicted molar refractivity (Wildman–Crippen MR) is 133 cm³/mol. The Morgan fingerprint density at radius 2 is 1.18 bits per heavy atom. The van der Waals surface area contributed by atoms with Crippen molar-refractivity contribution in [3.8, 4) is 5.75 Å². The number of aromatic hydroxyl groups is 1. The minimum atomic E-state index is -1.04. The van der Waals surface area contributed by atoms with E-state index in [1.54, 1.807) is 12.1 Å². The van der Waals surface area contributed by atoms with Crippen LogP contribution in [0.4, 0.5) is 0 Å². The average molecular weight is 528 g/mol. The molecule has 7 heteroatoms. The van der Waals surface area contributed by atoms with Crippen LogP contribution < -0.4 is 108 Å². The first-order chi connectivity index (χ1) is 15.5. The second-order valence-electron chi connectivity index (χ2n) is 9.03. The SMILES string of the molecule is CCCCCCCCCCCCCCCCCC(=O)N[C@@H](Cc1ccc(O)cc1)C(=O)O.[H-].[H-].[K+].[K+]. The monoisotopic (exact) mass is 527 g/mol. The molecule has 1 atom stereocenters. The molecule has 1 amide bonds. The van der Waals surface area contributed by atoms with Gasteiger partial charge in [0.05, 0.1) is 0 Å². The fourth-order valence-electron chi connectivity index (χ4n) is 3.99. The van der Waals surface area contributed by atoms with E-state index in [1.807, 2.05) is 0 Å². The molecule has 0 fully saturated rings. The molecule has 0 unspecified atom stereocenters. The summed E-state index contributed by atoms with van der Waals surface area (Å²) in [6.07, 6.45) is 19.7. The maximum atomic E-state index is 12.1. The molecule has 186 valence electrons. The predicted octanol–water partition coefficient (Wildman–Crippen LogP) is 0.999. The summed E-state index contributed by atoms with van der Waals surface area (Å²) >= 11 is 0. The average Bonchev–Trinajstić information content (AvgIpc) is 2.77. The Morgan fingerprint density at radius 3 is 1.59 bits per heavy atom. The second-order valence-corrected chi connectivity index (χ2v) is 9.03. The minimum absolute atomic E-state index is 0. The van der Waals surface area contributed by atoms with Crippen molar-refractivity contribution in [2.24, 2.45) is 0 Å². The van der Waals surface area contributed by atoms with Crippen LogP contribution in [0.1, 0.15) is 118 Å². The number of hydrogen-bond donors (Lipinski definition) is 3. The number of carbonyl (C=O) groups is 2. The zero-order valence-electron chi connectivity index (χ0n) is 24.1. The Balaban J connectivity index is -0.00000128. The van der Waals surface area contributed by atoms with Gasteiger partial charge in [-0.1, -0.05) is 109 Å². The Kier molecular flexibility index (Phi) is 28.4. The molecular weight excluding hydrogens is 480 g/mol. The first kappa shape index (κ1) is 37.4. The van der Waals surface area contributed by atoms with E-state index in [9.17, 15) is 19.8 Å². The summed E-state index contributed by atoms with van der Waals surface area (Å²) in [4.78, 5) is 23.6. The number of phenolic OH excluding ortho intramolecular Hbond substituents is 1. The number of carbonyl (C=O) groups excluding carboxylic acids is 1. The molecule has 0 heterocycles. The number of carboxylic acids is 1. The fourth-order valence-corrected chi connectivity index (χ4v) is 3.99. The maximum absolute atomic E-state index is 12.1. The Hall–Kier alpha value is 1.23. The number of nitrogens with one attached hydrogen (secondary N) is 1. The van der Waals surface area contributed by atoms with Crippen LogP contribution in [-0.4, -0.2) is 28.1 Å². The maximum Gasteiger partial charge on any atom is 1.00 e. The van der Waals surface area contributed by atoms with Crippen molar-refractivity contribution in [2.75, 3.05) is 0 Å². The van der Waals surface area contributed by atoms with Gasteiger partial charge in [-0.05, 0) is 24.1 Å². The summed E-state index contributed by atoms with van der Waals surface area (Å²) in [7, 11) is 0. The van der Waals surface area contributed by atoms with Crippen LogP contribution in [0.15, 0.2) is 24.3 Å². The van der Waals surface area contributed by atoms with E-state index in [2.05, 4.69) is 12.2 Å². The van der Waals surface area contributed by atoms with E-state index in [0.717, 1.165) is 24.8 Å². The van der Waals surface area contributed by atoms with Crippen molar-refractivity contribution in [1.29, 1.82) is 0 Å². The molecule has 0 radical (unpaired) electrons. The minimum Gasteiger partial charge on any atom is -1.00 e. The molecule has 5 nitrogen and oxygen atoms in total. The summed E-state index contributed by atoms with van der Waals surface area (Å²) in [6, 6.07) is 5.44. The molecule has 0 saturated carbocycles. The summed E-state index contributed by atoms with van der Waals surface area (Å²) < 4.78 is 0. The Morgan fingerprint density at radius 1 is 0.765 bits per heavy atom. The van der Waals surface area contributed by atoms with Crippen LogP contribution in [0.2, 0.25) is 0 Å². The van der Waals surface area contributed by atoms with Gasteiger partial charge in [-0.25, -0.2) is 4.79 Å². The van der Waals surface area contributed by atoms with Crippen LogP contribution >= 0.6 is 0 Å². The number of phenols is 1. The van der Waals surface area contributed by atoms with Crippen molar-refractivity contribution in [1.82, 2.24) is 5.32 Å². The summed E-state index contributed by atoms with van der Waals surface area (Å²) in [5, 5.41) is 21.3. The zero-order valence-corrected chi connectivity index (χ0v) is 28.4. The molecule has 0 bridgehead atoms. The van der Waals surface area contributed by atoms with Gasteiger partial charge < -0.3 is 18.4 Å². The first-order valence-electron chi connectivity index (χ1n) is 12.8. The van der Waals surface area contributed by atoms with Gasteiger partial charge in [-0.2, -0.15) is 0 Å². The number of benzene rings is 1. The molecule has 1 aromatic rings. The van der Waals surface area contributed by atoms with Gasteiger partial charge in [0, 0.05) is 12.8 Å². The summed E-state index contributed by atoms with van der Waals surface area (Å²) in [5.41, 5.74) is 0.766. The van der Waals surface area contributed by atoms with E-state index in [4.69, 9.17) is 0 Å². The van der Waals surface area contributed by atoms with Gasteiger partial charge in [-0.3, -0.25) is 4.79 Å². The molecular formula is C27H47K2NO4. The van der Waals surface area contributed by atoms with Crippen molar-refractivity contribution in [2.45, 2.75) is 122 Å². The molecule has 0 aliphatic heterocycles. The normalized spacial score (nSPS) is 11.2. The molecule has 3 N–H and O–H groups in total. The second kappa shape index (κ2) is 25.9. The van der Waals surface area contributed by atoms with Crippen LogP contribution in [0.3, 0.4) is 0 Å². The van der Waals surface area contributed by atoms with Crippen molar-refractivity contribution >= 4 is 11.9 Å². The number of aliphatic carboxylic acids is 1. The molecule has 0 aliphatic carbocycles. The van der Waals surface area contributed by atoms with E-state index in [-0.39, 0.29) is 124 Å². The van der Waals surface area contributed by atoms with Gasteiger partial charge in [0.25, 0.3) is 0 Å². The van der Waals surface area contributed by atoms with Gasteiger partial charge in [0.15, 0.2) is 0 Å². The van der Waals surface area contributed by atoms with E-state index < -0.39 is 12.0 Å². The van der Waals surface area contributed by atoms with Crippen LogP contribution in [0.5, 0.6) is 5.75 Å². The number of rotatable bonds is 20. The van der Waals surface area contributed by atoms with Crippen molar-refractivity contribution < 1.29 is 125 Å². The molecule has 34 heavy (non-hydrogen) atoms. The number of amides is 1. The van der Waals surface area contributed by atoms with Crippen LogP contribution in [0.25, 0.3) is 0 Å². The van der Waals surface area contributed by atoms with Gasteiger partial charge in [0.2, 0.25) is 5.91 Å². The van der Waals surface area contributed by atoms with E-state index in [1.165, 1.54) is 89.2 Å². The fraction of sp³-hybridized carbons (Fsp3) is 0.704. The number of hydrogen-bond acceptors (Lipinski definition) is 3. The number of unbranched alkanes of at least 4 members (excludes halogenated alkanes) is 14. The van der Waals surface area contributed by atoms with Gasteiger partial charge in [-0.15, -0.1) is 0 Å². The largest absolute Gasteiger partial charge is 1.00 e. The third-order valence-corrected chi connectivity index (χ3v) is 6.02. The summed E-state index contributed by atoms with van der Waals surface area (Å²) in [6.45, 7) is 2.26. The summed E-state index contributed by atoms with van der Waals surface area (Å²) in [5.74, 6) is -1.10. The van der Waals surface area contributed by atoms with E-state index >= 15 is 0 Å². The molecule has 0 aromatic heterocycles. The van der Waals surface area contributed by atoms with Gasteiger partial charge >= 0.3 is 109 Å². The molecule has 0 spiro atoms. The van der Waals surface area contributed by atoms with E-state index in [0.29, 0.717) is 6.42 Å². The molecule has 0 aliphatic rings. The van der Waals surface area contributed by atoms with Crippen LogP contribution in [-0.2, 0) is 16.0 Å². The molecule has 0 saturated heterocycles.